The number of halogens is 7. The molecule has 0 aliphatic carbocycles. The minimum atomic E-state index is -4.70. The molecule has 0 aliphatic heterocycles. The SMILES string of the molecule is CC.O=C(Nc1cnc(F)cc1OCC(F)(F)F)c1ccnc(Nc2ccc(C(F)(F)F)cc2)n1. The lowest BCUT2D eigenvalue weighted by molar-refractivity contribution is -0.153. The Labute approximate surface area is 194 Å². The van der Waals surface area contributed by atoms with Gasteiger partial charge in [0, 0.05) is 18.0 Å². The van der Waals surface area contributed by atoms with Gasteiger partial charge in [0.05, 0.1) is 11.8 Å². The van der Waals surface area contributed by atoms with Crippen molar-refractivity contribution < 1.29 is 40.3 Å². The van der Waals surface area contributed by atoms with E-state index in [9.17, 15) is 35.5 Å². The van der Waals surface area contributed by atoms with Gasteiger partial charge in [-0.15, -0.1) is 0 Å². The van der Waals surface area contributed by atoms with Crippen LogP contribution >= 0.6 is 0 Å². The number of pyridine rings is 1. The second-order valence-electron chi connectivity index (χ2n) is 6.33. The van der Waals surface area contributed by atoms with Crippen molar-refractivity contribution in [3.63, 3.8) is 0 Å². The number of nitrogens with one attached hydrogen (secondary N) is 2. The molecule has 14 heteroatoms. The average molecular weight is 505 g/mol. The molecule has 0 radical (unpaired) electrons. The highest BCUT2D eigenvalue weighted by Gasteiger charge is 2.30. The van der Waals surface area contributed by atoms with Gasteiger partial charge in [-0.2, -0.15) is 30.7 Å². The number of hydrogen-bond donors (Lipinski definition) is 2. The quantitative estimate of drug-likeness (QED) is 0.316. The molecule has 3 aromatic rings. The number of aromatic nitrogens is 3. The molecule has 0 fully saturated rings. The second kappa shape index (κ2) is 11.4. The van der Waals surface area contributed by atoms with E-state index in [4.69, 9.17) is 0 Å². The van der Waals surface area contributed by atoms with Gasteiger partial charge in [-0.25, -0.2) is 15.0 Å². The number of hydrogen-bond acceptors (Lipinski definition) is 6. The van der Waals surface area contributed by atoms with Gasteiger partial charge < -0.3 is 15.4 Å². The molecule has 0 unspecified atom stereocenters. The van der Waals surface area contributed by atoms with E-state index < -0.39 is 42.1 Å². The first-order valence-corrected chi connectivity index (χ1v) is 9.84. The van der Waals surface area contributed by atoms with Crippen molar-refractivity contribution >= 4 is 23.2 Å². The largest absolute Gasteiger partial charge is 0.482 e. The summed E-state index contributed by atoms with van der Waals surface area (Å²) in [6, 6.07) is 5.67. The molecular formula is C21H18F7N5O2. The van der Waals surface area contributed by atoms with E-state index in [0.717, 1.165) is 36.7 Å². The molecule has 0 aliphatic rings. The van der Waals surface area contributed by atoms with Gasteiger partial charge in [0.15, 0.2) is 6.61 Å². The summed E-state index contributed by atoms with van der Waals surface area (Å²) in [5.74, 6) is -2.80. The number of anilines is 3. The summed E-state index contributed by atoms with van der Waals surface area (Å²) >= 11 is 0. The van der Waals surface area contributed by atoms with E-state index in [1.807, 2.05) is 13.8 Å². The maximum absolute atomic E-state index is 13.3. The fourth-order valence-electron chi connectivity index (χ4n) is 2.39. The lowest BCUT2D eigenvalue weighted by atomic mass is 10.2. The standard InChI is InChI=1S/C19H12F7N5O2.C2H6/c20-15-7-14(33-9-18(21,22)23)13(8-28-15)30-16(32)12-5-6-27-17(31-12)29-11-3-1-10(2-4-11)19(24,25)26;1-2/h1-8H,9H2,(H,30,32)(H,27,29,31);1-2H3. The summed E-state index contributed by atoms with van der Waals surface area (Å²) in [5.41, 5.74) is -1.27. The Kier molecular flexibility index (Phi) is 8.92. The number of carbonyl (C=O) groups is 1. The molecule has 0 atom stereocenters. The Morgan fingerprint density at radius 1 is 1.00 bits per heavy atom. The molecule has 7 nitrogen and oxygen atoms in total. The molecule has 35 heavy (non-hydrogen) atoms. The van der Waals surface area contributed by atoms with Crippen LogP contribution in [0, 0.1) is 5.95 Å². The van der Waals surface area contributed by atoms with Gasteiger partial charge in [0.2, 0.25) is 11.9 Å². The molecule has 0 saturated heterocycles. The van der Waals surface area contributed by atoms with Crippen molar-refractivity contribution in [1.29, 1.82) is 0 Å². The van der Waals surface area contributed by atoms with E-state index in [0.29, 0.717) is 6.07 Å². The third kappa shape index (κ3) is 8.39. The van der Waals surface area contributed by atoms with Crippen LogP contribution in [0.25, 0.3) is 0 Å². The van der Waals surface area contributed by atoms with Crippen molar-refractivity contribution in [2.24, 2.45) is 0 Å². The lowest BCUT2D eigenvalue weighted by Gasteiger charge is -2.13. The molecule has 2 N–H and O–H groups in total. The molecule has 2 aromatic heterocycles. The first-order valence-electron chi connectivity index (χ1n) is 9.84. The zero-order valence-corrected chi connectivity index (χ0v) is 18.1. The van der Waals surface area contributed by atoms with Crippen LogP contribution in [0.15, 0.2) is 48.8 Å². The van der Waals surface area contributed by atoms with Crippen LogP contribution in [0.1, 0.15) is 29.9 Å². The second-order valence-corrected chi connectivity index (χ2v) is 6.33. The molecular weight excluding hydrogens is 487 g/mol. The predicted octanol–water partition coefficient (Wildman–Crippen LogP) is 5.99. The van der Waals surface area contributed by atoms with E-state index in [1.165, 1.54) is 6.07 Å². The minimum Gasteiger partial charge on any atom is -0.482 e. The van der Waals surface area contributed by atoms with Crippen LogP contribution in [0.5, 0.6) is 5.75 Å². The third-order valence-corrected chi connectivity index (χ3v) is 3.83. The number of alkyl halides is 6. The Balaban J connectivity index is 0.00000210. The Bertz CT molecular complexity index is 1140. The lowest BCUT2D eigenvalue weighted by Crippen LogP contribution is -2.21. The maximum Gasteiger partial charge on any atom is 0.422 e. The topological polar surface area (TPSA) is 89.0 Å². The van der Waals surface area contributed by atoms with Gasteiger partial charge in [0.25, 0.3) is 5.91 Å². The Hall–Kier alpha value is -3.97. The highest BCUT2D eigenvalue weighted by atomic mass is 19.4. The first kappa shape index (κ1) is 27.3. The number of amides is 1. The fourth-order valence-corrected chi connectivity index (χ4v) is 2.39. The van der Waals surface area contributed by atoms with Gasteiger partial charge in [-0.05, 0) is 30.3 Å². The normalized spacial score (nSPS) is 11.2. The summed E-state index contributed by atoms with van der Waals surface area (Å²) < 4.78 is 93.0. The molecule has 1 aromatic carbocycles. The van der Waals surface area contributed by atoms with Crippen LogP contribution in [-0.4, -0.2) is 33.6 Å². The number of nitrogens with zero attached hydrogens (tertiary/aromatic N) is 3. The van der Waals surface area contributed by atoms with Gasteiger partial charge in [-0.1, -0.05) is 13.8 Å². The van der Waals surface area contributed by atoms with Gasteiger partial charge in [-0.3, -0.25) is 4.79 Å². The molecule has 1 amide bonds. The zero-order valence-electron chi connectivity index (χ0n) is 18.1. The summed E-state index contributed by atoms with van der Waals surface area (Å²) in [5, 5.41) is 4.82. The molecule has 0 spiro atoms. The minimum absolute atomic E-state index is 0.145. The maximum atomic E-state index is 13.3. The first-order chi connectivity index (χ1) is 16.4. The molecule has 0 saturated carbocycles. The van der Waals surface area contributed by atoms with E-state index in [-0.39, 0.29) is 23.0 Å². The van der Waals surface area contributed by atoms with E-state index in [2.05, 4.69) is 30.3 Å². The summed E-state index contributed by atoms with van der Waals surface area (Å²) in [4.78, 5) is 23.5. The number of carbonyl (C=O) groups excluding carboxylic acids is 1. The van der Waals surface area contributed by atoms with E-state index >= 15 is 0 Å². The smallest absolute Gasteiger partial charge is 0.422 e. The summed E-state index contributed by atoms with van der Waals surface area (Å²) in [6.07, 6.45) is -7.28. The Morgan fingerprint density at radius 2 is 1.66 bits per heavy atom. The van der Waals surface area contributed by atoms with Crippen molar-refractivity contribution in [2.45, 2.75) is 26.2 Å². The van der Waals surface area contributed by atoms with Crippen molar-refractivity contribution in [3.05, 3.63) is 66.0 Å². The number of rotatable bonds is 6. The summed E-state index contributed by atoms with van der Waals surface area (Å²) in [6.45, 7) is 2.27. The molecule has 3 rings (SSSR count). The van der Waals surface area contributed by atoms with Crippen molar-refractivity contribution in [2.75, 3.05) is 17.2 Å². The van der Waals surface area contributed by atoms with Gasteiger partial charge >= 0.3 is 12.4 Å². The number of ether oxygens (including phenoxy) is 1. The highest BCUT2D eigenvalue weighted by Crippen LogP contribution is 2.30. The van der Waals surface area contributed by atoms with Crippen LogP contribution in [-0.2, 0) is 6.18 Å². The zero-order chi connectivity index (χ0) is 26.2. The third-order valence-electron chi connectivity index (χ3n) is 3.83. The van der Waals surface area contributed by atoms with Crippen LogP contribution in [0.3, 0.4) is 0 Å². The van der Waals surface area contributed by atoms with Crippen LogP contribution in [0.2, 0.25) is 0 Å². The molecule has 188 valence electrons. The van der Waals surface area contributed by atoms with Crippen molar-refractivity contribution in [3.8, 4) is 5.75 Å². The fraction of sp³-hybridized carbons (Fsp3) is 0.238. The van der Waals surface area contributed by atoms with Gasteiger partial charge in [0.1, 0.15) is 17.1 Å². The monoisotopic (exact) mass is 505 g/mol. The molecule has 2 heterocycles. The Morgan fingerprint density at radius 3 is 2.26 bits per heavy atom. The van der Waals surface area contributed by atoms with Crippen LogP contribution in [0.4, 0.5) is 48.1 Å². The number of benzene rings is 1. The van der Waals surface area contributed by atoms with Crippen molar-refractivity contribution in [1.82, 2.24) is 15.0 Å². The van der Waals surface area contributed by atoms with E-state index in [1.54, 1.807) is 0 Å². The predicted molar refractivity (Wildman–Crippen MR) is 112 cm³/mol. The molecule has 0 bridgehead atoms. The highest BCUT2D eigenvalue weighted by molar-refractivity contribution is 6.03. The van der Waals surface area contributed by atoms with Crippen LogP contribution < -0.4 is 15.4 Å². The summed E-state index contributed by atoms with van der Waals surface area (Å²) in [7, 11) is 0. The average Bonchev–Trinajstić information content (AvgIpc) is 2.80.